The Labute approximate surface area is 115 Å². The van der Waals surface area contributed by atoms with Gasteiger partial charge in [0, 0.05) is 12.2 Å². The van der Waals surface area contributed by atoms with Gasteiger partial charge in [0.25, 0.3) is 0 Å². The van der Waals surface area contributed by atoms with Crippen molar-refractivity contribution < 1.29 is 4.79 Å². The van der Waals surface area contributed by atoms with Crippen LogP contribution in [0.25, 0.3) is 0 Å². The summed E-state index contributed by atoms with van der Waals surface area (Å²) in [5, 5.41) is 3.03. The third kappa shape index (κ3) is 3.16. The van der Waals surface area contributed by atoms with Crippen LogP contribution in [0.1, 0.15) is 38.2 Å². The first-order valence-electron chi connectivity index (χ1n) is 7.14. The summed E-state index contributed by atoms with van der Waals surface area (Å²) in [5.41, 5.74) is 7.59. The summed E-state index contributed by atoms with van der Waals surface area (Å²) in [6, 6.07) is 7.91. The molecule has 0 heterocycles. The minimum absolute atomic E-state index is 0.0887. The van der Waals surface area contributed by atoms with Gasteiger partial charge in [-0.2, -0.15) is 0 Å². The number of rotatable bonds is 3. The zero-order chi connectivity index (χ0) is 13.9. The van der Waals surface area contributed by atoms with Crippen LogP contribution in [0, 0.1) is 18.3 Å². The SMILES string of the molecule is Cc1ccc(NC(=O)C2(CN)CCC(C)CC2)cc1. The van der Waals surface area contributed by atoms with Crippen LogP contribution in [0.2, 0.25) is 0 Å². The van der Waals surface area contributed by atoms with E-state index in [1.807, 2.05) is 31.2 Å². The number of aryl methyl sites for hydroxylation is 1. The van der Waals surface area contributed by atoms with Crippen LogP contribution < -0.4 is 11.1 Å². The van der Waals surface area contributed by atoms with E-state index in [0.29, 0.717) is 12.5 Å². The molecule has 0 unspecified atom stereocenters. The maximum Gasteiger partial charge on any atom is 0.231 e. The Balaban J connectivity index is 2.06. The molecule has 3 heteroatoms. The Morgan fingerprint density at radius 1 is 1.32 bits per heavy atom. The number of carbonyl (C=O) groups excluding carboxylic acids is 1. The summed E-state index contributed by atoms with van der Waals surface area (Å²) >= 11 is 0. The second-order valence-electron chi connectivity index (χ2n) is 5.99. The maximum absolute atomic E-state index is 12.5. The molecule has 0 aromatic heterocycles. The van der Waals surface area contributed by atoms with E-state index < -0.39 is 0 Å². The molecule has 0 aliphatic heterocycles. The fraction of sp³-hybridized carbons (Fsp3) is 0.562. The standard InChI is InChI=1S/C16H24N2O/c1-12-3-5-14(6-4-12)18-15(19)16(11-17)9-7-13(2)8-10-16/h3-6,13H,7-11,17H2,1-2H3,(H,18,19). The molecule has 1 saturated carbocycles. The molecule has 19 heavy (non-hydrogen) atoms. The van der Waals surface area contributed by atoms with E-state index in [0.717, 1.165) is 31.4 Å². The summed E-state index contributed by atoms with van der Waals surface area (Å²) in [6.45, 7) is 4.73. The molecule has 1 aliphatic carbocycles. The Kier molecular flexibility index (Phi) is 4.25. The Bertz CT molecular complexity index is 431. The molecule has 1 aliphatic rings. The molecule has 3 nitrogen and oxygen atoms in total. The molecular formula is C16H24N2O. The predicted octanol–water partition coefficient (Wildman–Crippen LogP) is 3.09. The molecule has 1 aromatic carbocycles. The van der Waals surface area contributed by atoms with E-state index in [-0.39, 0.29) is 11.3 Å². The highest BCUT2D eigenvalue weighted by Crippen LogP contribution is 2.39. The second-order valence-corrected chi connectivity index (χ2v) is 5.99. The first-order chi connectivity index (χ1) is 9.05. The van der Waals surface area contributed by atoms with Gasteiger partial charge in [0.15, 0.2) is 0 Å². The van der Waals surface area contributed by atoms with Gasteiger partial charge in [0.2, 0.25) is 5.91 Å². The van der Waals surface area contributed by atoms with E-state index in [9.17, 15) is 4.79 Å². The quantitative estimate of drug-likeness (QED) is 0.877. The van der Waals surface area contributed by atoms with Gasteiger partial charge in [-0.15, -0.1) is 0 Å². The molecule has 0 saturated heterocycles. The smallest absolute Gasteiger partial charge is 0.231 e. The van der Waals surface area contributed by atoms with Crippen molar-refractivity contribution in [2.45, 2.75) is 39.5 Å². The van der Waals surface area contributed by atoms with Gasteiger partial charge in [0.1, 0.15) is 0 Å². The topological polar surface area (TPSA) is 55.1 Å². The Hall–Kier alpha value is -1.35. The zero-order valence-corrected chi connectivity index (χ0v) is 11.9. The molecule has 2 rings (SSSR count). The van der Waals surface area contributed by atoms with E-state index in [1.165, 1.54) is 5.56 Å². The van der Waals surface area contributed by atoms with Crippen molar-refractivity contribution in [2.24, 2.45) is 17.1 Å². The number of amides is 1. The molecule has 1 fully saturated rings. The fourth-order valence-corrected chi connectivity index (χ4v) is 2.74. The summed E-state index contributed by atoms with van der Waals surface area (Å²) < 4.78 is 0. The van der Waals surface area contributed by atoms with Crippen molar-refractivity contribution in [2.75, 3.05) is 11.9 Å². The summed E-state index contributed by atoms with van der Waals surface area (Å²) in [4.78, 5) is 12.5. The maximum atomic E-state index is 12.5. The van der Waals surface area contributed by atoms with Crippen molar-refractivity contribution in [3.8, 4) is 0 Å². The van der Waals surface area contributed by atoms with Gasteiger partial charge in [-0.05, 0) is 50.7 Å². The van der Waals surface area contributed by atoms with Crippen molar-refractivity contribution in [1.29, 1.82) is 0 Å². The van der Waals surface area contributed by atoms with Gasteiger partial charge in [-0.25, -0.2) is 0 Å². The monoisotopic (exact) mass is 260 g/mol. The van der Waals surface area contributed by atoms with Gasteiger partial charge < -0.3 is 11.1 Å². The largest absolute Gasteiger partial charge is 0.329 e. The third-order valence-corrected chi connectivity index (χ3v) is 4.41. The Morgan fingerprint density at radius 2 is 1.89 bits per heavy atom. The first-order valence-corrected chi connectivity index (χ1v) is 7.14. The van der Waals surface area contributed by atoms with Gasteiger partial charge in [-0.1, -0.05) is 24.6 Å². The van der Waals surface area contributed by atoms with E-state index in [4.69, 9.17) is 5.73 Å². The summed E-state index contributed by atoms with van der Waals surface area (Å²) in [5.74, 6) is 0.803. The van der Waals surface area contributed by atoms with Gasteiger partial charge in [-0.3, -0.25) is 4.79 Å². The molecule has 0 bridgehead atoms. The summed E-state index contributed by atoms with van der Waals surface area (Å²) in [6.07, 6.45) is 4.00. The van der Waals surface area contributed by atoms with Gasteiger partial charge in [0.05, 0.1) is 5.41 Å². The van der Waals surface area contributed by atoms with Crippen LogP contribution in [0.3, 0.4) is 0 Å². The molecule has 0 radical (unpaired) electrons. The van der Waals surface area contributed by atoms with E-state index in [1.54, 1.807) is 0 Å². The van der Waals surface area contributed by atoms with Crippen LogP contribution in [0.15, 0.2) is 24.3 Å². The second kappa shape index (κ2) is 5.74. The Morgan fingerprint density at radius 3 is 2.42 bits per heavy atom. The average Bonchev–Trinajstić information content (AvgIpc) is 2.42. The van der Waals surface area contributed by atoms with Crippen molar-refractivity contribution in [3.05, 3.63) is 29.8 Å². The molecule has 104 valence electrons. The van der Waals surface area contributed by atoms with E-state index in [2.05, 4.69) is 12.2 Å². The lowest BCUT2D eigenvalue weighted by molar-refractivity contribution is -0.127. The van der Waals surface area contributed by atoms with E-state index >= 15 is 0 Å². The number of nitrogens with one attached hydrogen (secondary N) is 1. The van der Waals surface area contributed by atoms with Crippen LogP contribution in [0.4, 0.5) is 5.69 Å². The number of hydrogen-bond donors (Lipinski definition) is 2. The zero-order valence-electron chi connectivity index (χ0n) is 11.9. The number of benzene rings is 1. The van der Waals surface area contributed by atoms with Crippen LogP contribution in [0.5, 0.6) is 0 Å². The van der Waals surface area contributed by atoms with Crippen LogP contribution in [-0.4, -0.2) is 12.5 Å². The highest BCUT2D eigenvalue weighted by Gasteiger charge is 2.39. The summed E-state index contributed by atoms with van der Waals surface area (Å²) in [7, 11) is 0. The fourth-order valence-electron chi connectivity index (χ4n) is 2.74. The van der Waals surface area contributed by atoms with Crippen LogP contribution in [-0.2, 0) is 4.79 Å². The number of anilines is 1. The minimum atomic E-state index is -0.364. The molecule has 3 N–H and O–H groups in total. The number of hydrogen-bond acceptors (Lipinski definition) is 2. The highest BCUT2D eigenvalue weighted by atomic mass is 16.2. The molecule has 1 aromatic rings. The highest BCUT2D eigenvalue weighted by molar-refractivity contribution is 5.95. The van der Waals surface area contributed by atoms with Crippen LogP contribution >= 0.6 is 0 Å². The average molecular weight is 260 g/mol. The van der Waals surface area contributed by atoms with Gasteiger partial charge >= 0.3 is 0 Å². The normalized spacial score (nSPS) is 27.0. The number of nitrogens with two attached hydrogens (primary N) is 1. The lowest BCUT2D eigenvalue weighted by Gasteiger charge is -2.37. The number of carbonyl (C=O) groups is 1. The lowest BCUT2D eigenvalue weighted by Crippen LogP contribution is -2.44. The predicted molar refractivity (Wildman–Crippen MR) is 78.9 cm³/mol. The first kappa shape index (κ1) is 14.1. The van der Waals surface area contributed by atoms with Crippen molar-refractivity contribution in [3.63, 3.8) is 0 Å². The van der Waals surface area contributed by atoms with Crippen molar-refractivity contribution in [1.82, 2.24) is 0 Å². The molecule has 1 amide bonds. The molecule has 0 atom stereocenters. The van der Waals surface area contributed by atoms with Crippen molar-refractivity contribution >= 4 is 11.6 Å². The minimum Gasteiger partial charge on any atom is -0.329 e. The lowest BCUT2D eigenvalue weighted by atomic mass is 9.70. The molecular weight excluding hydrogens is 236 g/mol. The third-order valence-electron chi connectivity index (χ3n) is 4.41. The molecule has 0 spiro atoms.